The molecule has 0 unspecified atom stereocenters. The predicted octanol–water partition coefficient (Wildman–Crippen LogP) is 3.55. The second-order valence-electron chi connectivity index (χ2n) is 8.02. The molecular weight excluding hydrogens is 326 g/mol. The van der Waals surface area contributed by atoms with Gasteiger partial charge in [-0.2, -0.15) is 0 Å². The van der Waals surface area contributed by atoms with E-state index in [9.17, 15) is 9.59 Å². The largest absolute Gasteiger partial charge is 0.338 e. The lowest BCUT2D eigenvalue weighted by Gasteiger charge is -2.41. The third kappa shape index (κ3) is 4.77. The highest BCUT2D eigenvalue weighted by molar-refractivity contribution is 5.94. The SMILES string of the molecule is CC(C)NC(=O)NCc1ccc(C(=O)N2CC[C@H]3CCCC[C@@H]3C2)cc1. The van der Waals surface area contributed by atoms with E-state index >= 15 is 0 Å². The van der Waals surface area contributed by atoms with Crippen LogP contribution in [0.4, 0.5) is 4.79 Å². The second-order valence-corrected chi connectivity index (χ2v) is 8.02. The van der Waals surface area contributed by atoms with Crippen LogP contribution in [0.2, 0.25) is 0 Å². The van der Waals surface area contributed by atoms with Crippen molar-refractivity contribution in [3.05, 3.63) is 35.4 Å². The molecule has 2 fully saturated rings. The quantitative estimate of drug-likeness (QED) is 0.866. The van der Waals surface area contributed by atoms with Crippen LogP contribution in [0.25, 0.3) is 0 Å². The Labute approximate surface area is 156 Å². The maximum Gasteiger partial charge on any atom is 0.315 e. The fourth-order valence-corrected chi connectivity index (χ4v) is 4.23. The number of piperidine rings is 1. The number of carbonyl (C=O) groups excluding carboxylic acids is 2. The van der Waals surface area contributed by atoms with E-state index in [2.05, 4.69) is 10.6 Å². The molecule has 1 aliphatic heterocycles. The summed E-state index contributed by atoms with van der Waals surface area (Å²) >= 11 is 0. The van der Waals surface area contributed by atoms with Gasteiger partial charge in [0.2, 0.25) is 0 Å². The first kappa shape index (κ1) is 18.7. The molecule has 1 saturated heterocycles. The minimum atomic E-state index is -0.171. The topological polar surface area (TPSA) is 61.4 Å². The summed E-state index contributed by atoms with van der Waals surface area (Å²) in [5.41, 5.74) is 1.74. The van der Waals surface area contributed by atoms with Gasteiger partial charge in [-0.15, -0.1) is 0 Å². The van der Waals surface area contributed by atoms with Crippen molar-refractivity contribution in [2.24, 2.45) is 11.8 Å². The Hall–Kier alpha value is -2.04. The number of hydrogen-bond acceptors (Lipinski definition) is 2. The third-order valence-electron chi connectivity index (χ3n) is 5.65. The first-order chi connectivity index (χ1) is 12.5. The molecule has 3 amide bonds. The zero-order valence-corrected chi connectivity index (χ0v) is 16.0. The summed E-state index contributed by atoms with van der Waals surface area (Å²) < 4.78 is 0. The molecule has 0 radical (unpaired) electrons. The van der Waals surface area contributed by atoms with E-state index in [4.69, 9.17) is 0 Å². The molecule has 2 aliphatic rings. The molecule has 2 N–H and O–H groups in total. The highest BCUT2D eigenvalue weighted by Crippen LogP contribution is 2.36. The highest BCUT2D eigenvalue weighted by atomic mass is 16.2. The van der Waals surface area contributed by atoms with Crippen LogP contribution >= 0.6 is 0 Å². The first-order valence-corrected chi connectivity index (χ1v) is 9.95. The van der Waals surface area contributed by atoms with Gasteiger partial charge in [0.1, 0.15) is 0 Å². The third-order valence-corrected chi connectivity index (χ3v) is 5.65. The predicted molar refractivity (Wildman–Crippen MR) is 103 cm³/mol. The van der Waals surface area contributed by atoms with Gasteiger partial charge in [-0.1, -0.05) is 31.4 Å². The number of amides is 3. The number of fused-ring (bicyclic) bond motifs is 1. The van der Waals surface area contributed by atoms with Gasteiger partial charge in [0.05, 0.1) is 0 Å². The zero-order chi connectivity index (χ0) is 18.5. The summed E-state index contributed by atoms with van der Waals surface area (Å²) in [6, 6.07) is 7.56. The fraction of sp³-hybridized carbons (Fsp3) is 0.619. The van der Waals surface area contributed by atoms with Crippen LogP contribution in [0.1, 0.15) is 61.9 Å². The average molecular weight is 357 g/mol. The minimum absolute atomic E-state index is 0.114. The van der Waals surface area contributed by atoms with Gasteiger partial charge in [-0.05, 0) is 56.2 Å². The normalized spacial score (nSPS) is 22.7. The number of likely N-dealkylation sites (tertiary alicyclic amines) is 1. The number of rotatable bonds is 4. The molecule has 0 bridgehead atoms. The molecular formula is C21H31N3O2. The number of nitrogens with zero attached hydrogens (tertiary/aromatic N) is 1. The van der Waals surface area contributed by atoms with Crippen molar-refractivity contribution in [2.75, 3.05) is 13.1 Å². The summed E-state index contributed by atoms with van der Waals surface area (Å²) in [5, 5.41) is 5.63. The zero-order valence-electron chi connectivity index (χ0n) is 16.0. The Bertz CT molecular complexity index is 627. The lowest BCUT2D eigenvalue weighted by molar-refractivity contribution is 0.0521. The molecule has 1 aromatic rings. The van der Waals surface area contributed by atoms with Gasteiger partial charge >= 0.3 is 6.03 Å². The van der Waals surface area contributed by atoms with Crippen molar-refractivity contribution >= 4 is 11.9 Å². The van der Waals surface area contributed by atoms with Crippen molar-refractivity contribution in [3.8, 4) is 0 Å². The Balaban J connectivity index is 1.53. The van der Waals surface area contributed by atoms with Crippen molar-refractivity contribution < 1.29 is 9.59 Å². The van der Waals surface area contributed by atoms with Gasteiger partial charge in [-0.3, -0.25) is 4.79 Å². The van der Waals surface area contributed by atoms with Gasteiger partial charge in [0.25, 0.3) is 5.91 Å². The Kier molecular flexibility index (Phi) is 6.17. The monoisotopic (exact) mass is 357 g/mol. The lowest BCUT2D eigenvalue weighted by Crippen LogP contribution is -2.44. The van der Waals surface area contributed by atoms with E-state index in [0.717, 1.165) is 36.6 Å². The number of urea groups is 1. The Morgan fingerprint density at radius 3 is 2.46 bits per heavy atom. The Morgan fingerprint density at radius 2 is 1.77 bits per heavy atom. The van der Waals surface area contributed by atoms with E-state index in [-0.39, 0.29) is 18.0 Å². The number of hydrogen-bond donors (Lipinski definition) is 2. The number of nitrogens with one attached hydrogen (secondary N) is 2. The van der Waals surface area contributed by atoms with Gasteiger partial charge in [0, 0.05) is 31.2 Å². The molecule has 26 heavy (non-hydrogen) atoms. The van der Waals surface area contributed by atoms with Crippen LogP contribution in [0.15, 0.2) is 24.3 Å². The van der Waals surface area contributed by atoms with Gasteiger partial charge in [-0.25, -0.2) is 4.79 Å². The Morgan fingerprint density at radius 1 is 1.08 bits per heavy atom. The summed E-state index contributed by atoms with van der Waals surface area (Å²) in [7, 11) is 0. The van der Waals surface area contributed by atoms with E-state index in [1.807, 2.05) is 43.0 Å². The molecule has 0 aromatic heterocycles. The summed E-state index contributed by atoms with van der Waals surface area (Å²) in [4.78, 5) is 26.5. The van der Waals surface area contributed by atoms with E-state index in [1.54, 1.807) is 0 Å². The van der Waals surface area contributed by atoms with E-state index in [0.29, 0.717) is 12.5 Å². The van der Waals surface area contributed by atoms with Crippen LogP contribution in [0.5, 0.6) is 0 Å². The molecule has 3 rings (SSSR count). The second kappa shape index (κ2) is 8.56. The summed E-state index contributed by atoms with van der Waals surface area (Å²) in [5.74, 6) is 1.67. The van der Waals surface area contributed by atoms with Crippen molar-refractivity contribution in [1.82, 2.24) is 15.5 Å². The molecule has 5 heteroatoms. The maximum atomic E-state index is 12.8. The van der Waals surface area contributed by atoms with Gasteiger partial charge in [0.15, 0.2) is 0 Å². The number of benzene rings is 1. The molecule has 0 spiro atoms. The standard InChI is InChI=1S/C21H31N3O2/c1-15(2)23-21(26)22-13-16-7-9-18(10-8-16)20(25)24-12-11-17-5-3-4-6-19(17)14-24/h7-10,15,17,19H,3-6,11-14H2,1-2H3,(H2,22,23,26)/t17-,19-/m1/s1. The smallest absolute Gasteiger partial charge is 0.315 e. The van der Waals surface area contributed by atoms with Crippen LogP contribution in [0, 0.1) is 11.8 Å². The average Bonchev–Trinajstić information content (AvgIpc) is 2.65. The number of carbonyl (C=O) groups is 2. The fourth-order valence-electron chi connectivity index (χ4n) is 4.23. The van der Waals surface area contributed by atoms with Crippen LogP contribution < -0.4 is 10.6 Å². The van der Waals surface area contributed by atoms with Crippen LogP contribution in [0.3, 0.4) is 0 Å². The molecule has 142 valence electrons. The van der Waals surface area contributed by atoms with Crippen molar-refractivity contribution in [2.45, 2.75) is 58.5 Å². The first-order valence-electron chi connectivity index (χ1n) is 9.95. The van der Waals surface area contributed by atoms with Crippen molar-refractivity contribution in [1.29, 1.82) is 0 Å². The highest BCUT2D eigenvalue weighted by Gasteiger charge is 2.33. The van der Waals surface area contributed by atoms with Gasteiger partial charge < -0.3 is 15.5 Å². The summed E-state index contributed by atoms with van der Waals surface area (Å²) in [6.07, 6.45) is 6.45. The van der Waals surface area contributed by atoms with E-state index < -0.39 is 0 Å². The molecule has 2 atom stereocenters. The lowest BCUT2D eigenvalue weighted by atomic mass is 9.75. The minimum Gasteiger partial charge on any atom is -0.338 e. The summed E-state index contributed by atoms with van der Waals surface area (Å²) in [6.45, 7) is 6.12. The molecule has 1 saturated carbocycles. The van der Waals surface area contributed by atoms with Crippen LogP contribution in [-0.2, 0) is 6.54 Å². The molecule has 1 aromatic carbocycles. The molecule has 5 nitrogen and oxygen atoms in total. The molecule has 1 aliphatic carbocycles. The van der Waals surface area contributed by atoms with Crippen LogP contribution in [-0.4, -0.2) is 36.0 Å². The van der Waals surface area contributed by atoms with E-state index in [1.165, 1.54) is 25.7 Å². The molecule has 1 heterocycles. The maximum absolute atomic E-state index is 12.8. The van der Waals surface area contributed by atoms with Crippen molar-refractivity contribution in [3.63, 3.8) is 0 Å².